The molecular formula is C23H29ClN4O3. The summed E-state index contributed by atoms with van der Waals surface area (Å²) in [6.45, 7) is 6.31. The molecule has 0 bridgehead atoms. The molecule has 0 radical (unpaired) electrons. The first-order valence-corrected chi connectivity index (χ1v) is 10.9. The second-order valence-corrected chi connectivity index (χ2v) is 8.42. The van der Waals surface area contributed by atoms with Crippen molar-refractivity contribution in [2.75, 3.05) is 25.5 Å². The number of hydrogen-bond acceptors (Lipinski definition) is 5. The van der Waals surface area contributed by atoms with E-state index >= 15 is 0 Å². The number of benzene rings is 1. The zero-order valence-corrected chi connectivity index (χ0v) is 18.9. The lowest BCUT2D eigenvalue weighted by molar-refractivity contribution is -0.115. The van der Waals surface area contributed by atoms with Crippen LogP contribution >= 0.6 is 11.6 Å². The van der Waals surface area contributed by atoms with E-state index in [4.69, 9.17) is 16.3 Å². The number of aromatic nitrogens is 1. The standard InChI is InChI=1S/C23H29ClN4O3/c1-15(2)28-10-8-18(9-11-28)26-23(30)20-6-5-19(31-3)12-16(20)13-22(29)27-21-7-4-17(24)14-25-21/h4-7,12,14-15,18H,8-11,13H2,1-3H3,(H,26,30)(H,25,27,29). The van der Waals surface area contributed by atoms with E-state index in [-0.39, 0.29) is 24.3 Å². The number of piperidine rings is 1. The van der Waals surface area contributed by atoms with Crippen molar-refractivity contribution in [1.82, 2.24) is 15.2 Å². The third kappa shape index (κ3) is 6.42. The zero-order valence-electron chi connectivity index (χ0n) is 18.2. The summed E-state index contributed by atoms with van der Waals surface area (Å²) in [5, 5.41) is 6.36. The predicted octanol–water partition coefficient (Wildman–Crippen LogP) is 3.53. The third-order valence-electron chi connectivity index (χ3n) is 5.50. The number of nitrogens with zero attached hydrogens (tertiary/aromatic N) is 2. The van der Waals surface area contributed by atoms with Crippen LogP contribution in [0.15, 0.2) is 36.5 Å². The highest BCUT2D eigenvalue weighted by Gasteiger charge is 2.24. The fourth-order valence-electron chi connectivity index (χ4n) is 3.70. The number of carbonyl (C=O) groups is 2. The highest BCUT2D eigenvalue weighted by atomic mass is 35.5. The van der Waals surface area contributed by atoms with E-state index in [2.05, 4.69) is 34.4 Å². The second-order valence-electron chi connectivity index (χ2n) is 7.99. The monoisotopic (exact) mass is 444 g/mol. The van der Waals surface area contributed by atoms with Crippen LogP contribution in [-0.2, 0) is 11.2 Å². The van der Waals surface area contributed by atoms with Crippen molar-refractivity contribution < 1.29 is 14.3 Å². The van der Waals surface area contributed by atoms with Crippen LogP contribution in [0.25, 0.3) is 0 Å². The van der Waals surface area contributed by atoms with E-state index in [0.717, 1.165) is 25.9 Å². The van der Waals surface area contributed by atoms with E-state index in [1.165, 1.54) is 6.20 Å². The summed E-state index contributed by atoms with van der Waals surface area (Å²) in [7, 11) is 1.55. The van der Waals surface area contributed by atoms with Crippen LogP contribution in [0, 0.1) is 0 Å². The number of anilines is 1. The number of carbonyl (C=O) groups excluding carboxylic acids is 2. The molecule has 1 fully saturated rings. The van der Waals surface area contributed by atoms with Crippen LogP contribution in [0.5, 0.6) is 5.75 Å². The molecular weight excluding hydrogens is 416 g/mol. The zero-order chi connectivity index (χ0) is 22.4. The molecule has 1 aromatic heterocycles. The Morgan fingerprint density at radius 2 is 1.97 bits per heavy atom. The maximum Gasteiger partial charge on any atom is 0.251 e. The summed E-state index contributed by atoms with van der Waals surface area (Å²) in [5.74, 6) is 0.551. The molecule has 2 N–H and O–H groups in total. The average molecular weight is 445 g/mol. The molecule has 0 atom stereocenters. The second kappa shape index (κ2) is 10.6. The van der Waals surface area contributed by atoms with E-state index in [1.54, 1.807) is 37.4 Å². The Hall–Kier alpha value is -2.64. The van der Waals surface area contributed by atoms with Gasteiger partial charge < -0.3 is 20.3 Å². The fourth-order valence-corrected chi connectivity index (χ4v) is 3.81. The molecule has 31 heavy (non-hydrogen) atoms. The molecule has 0 unspecified atom stereocenters. The maximum absolute atomic E-state index is 13.0. The first-order valence-electron chi connectivity index (χ1n) is 10.5. The van der Waals surface area contributed by atoms with Crippen LogP contribution in [0.2, 0.25) is 5.02 Å². The third-order valence-corrected chi connectivity index (χ3v) is 5.72. The molecule has 1 aliphatic rings. The first-order chi connectivity index (χ1) is 14.9. The molecule has 3 rings (SSSR count). The number of ether oxygens (including phenoxy) is 1. The smallest absolute Gasteiger partial charge is 0.251 e. The van der Waals surface area contributed by atoms with Gasteiger partial charge in [0.15, 0.2) is 0 Å². The maximum atomic E-state index is 13.0. The number of nitrogens with one attached hydrogen (secondary N) is 2. The number of methoxy groups -OCH3 is 1. The Balaban J connectivity index is 1.68. The van der Waals surface area contributed by atoms with Gasteiger partial charge in [-0.05, 0) is 62.6 Å². The molecule has 1 aliphatic heterocycles. The average Bonchev–Trinajstić information content (AvgIpc) is 2.75. The number of amides is 2. The Bertz CT molecular complexity index is 910. The van der Waals surface area contributed by atoms with Crippen LogP contribution in [0.4, 0.5) is 5.82 Å². The number of likely N-dealkylation sites (tertiary alicyclic amines) is 1. The highest BCUT2D eigenvalue weighted by molar-refractivity contribution is 6.30. The first kappa shape index (κ1) is 23.0. The number of pyridine rings is 1. The molecule has 2 heterocycles. The van der Waals surface area contributed by atoms with Crippen molar-refractivity contribution in [2.24, 2.45) is 0 Å². The van der Waals surface area contributed by atoms with Crippen molar-refractivity contribution in [2.45, 2.75) is 45.2 Å². The van der Waals surface area contributed by atoms with Crippen LogP contribution in [0.3, 0.4) is 0 Å². The molecule has 0 aliphatic carbocycles. The van der Waals surface area contributed by atoms with Gasteiger partial charge in [-0.3, -0.25) is 9.59 Å². The largest absolute Gasteiger partial charge is 0.497 e. The highest BCUT2D eigenvalue weighted by Crippen LogP contribution is 2.21. The summed E-state index contributed by atoms with van der Waals surface area (Å²) in [4.78, 5) is 32.1. The minimum Gasteiger partial charge on any atom is -0.497 e. The normalized spacial score (nSPS) is 15.0. The van der Waals surface area contributed by atoms with Crippen molar-refractivity contribution in [3.8, 4) is 5.75 Å². The van der Waals surface area contributed by atoms with Gasteiger partial charge in [-0.25, -0.2) is 4.98 Å². The number of rotatable bonds is 7. The molecule has 0 saturated carbocycles. The van der Waals surface area contributed by atoms with Gasteiger partial charge in [-0.15, -0.1) is 0 Å². The van der Waals surface area contributed by atoms with Crippen LogP contribution in [-0.4, -0.2) is 54.0 Å². The number of hydrogen-bond donors (Lipinski definition) is 2. The van der Waals surface area contributed by atoms with Crippen molar-refractivity contribution in [3.05, 3.63) is 52.7 Å². The van der Waals surface area contributed by atoms with Crippen molar-refractivity contribution in [1.29, 1.82) is 0 Å². The fraction of sp³-hybridized carbons (Fsp3) is 0.435. The lowest BCUT2D eigenvalue weighted by Gasteiger charge is -2.34. The van der Waals surface area contributed by atoms with E-state index in [9.17, 15) is 9.59 Å². The Morgan fingerprint density at radius 1 is 1.23 bits per heavy atom. The lowest BCUT2D eigenvalue weighted by Crippen LogP contribution is -2.46. The van der Waals surface area contributed by atoms with Crippen LogP contribution < -0.4 is 15.4 Å². The van der Waals surface area contributed by atoms with Crippen molar-refractivity contribution >= 4 is 29.2 Å². The topological polar surface area (TPSA) is 83.6 Å². The summed E-state index contributed by atoms with van der Waals surface area (Å²) in [6, 6.07) is 9.09. The van der Waals surface area contributed by atoms with Gasteiger partial charge in [0, 0.05) is 36.9 Å². The molecule has 1 aromatic carbocycles. The molecule has 166 valence electrons. The SMILES string of the molecule is COc1ccc(C(=O)NC2CCN(C(C)C)CC2)c(CC(=O)Nc2ccc(Cl)cn2)c1. The Labute approximate surface area is 188 Å². The van der Waals surface area contributed by atoms with Gasteiger partial charge in [-0.2, -0.15) is 0 Å². The van der Waals surface area contributed by atoms with Gasteiger partial charge in [0.2, 0.25) is 5.91 Å². The summed E-state index contributed by atoms with van der Waals surface area (Å²) in [6.07, 6.45) is 3.32. The van der Waals surface area contributed by atoms with Gasteiger partial charge >= 0.3 is 0 Å². The van der Waals surface area contributed by atoms with E-state index in [1.807, 2.05) is 0 Å². The molecule has 0 spiro atoms. The van der Waals surface area contributed by atoms with Gasteiger partial charge in [0.25, 0.3) is 5.91 Å². The predicted molar refractivity (Wildman–Crippen MR) is 122 cm³/mol. The minimum atomic E-state index is -0.276. The van der Waals surface area contributed by atoms with Crippen molar-refractivity contribution in [3.63, 3.8) is 0 Å². The lowest BCUT2D eigenvalue weighted by atomic mass is 10.00. The number of halogens is 1. The van der Waals surface area contributed by atoms with Gasteiger partial charge in [-0.1, -0.05) is 11.6 Å². The quantitative estimate of drug-likeness (QED) is 0.682. The summed E-state index contributed by atoms with van der Waals surface area (Å²) in [5.41, 5.74) is 1.08. The summed E-state index contributed by atoms with van der Waals surface area (Å²) >= 11 is 5.83. The molecule has 2 amide bonds. The molecule has 8 heteroatoms. The van der Waals surface area contributed by atoms with Crippen LogP contribution in [0.1, 0.15) is 42.6 Å². The van der Waals surface area contributed by atoms with E-state index < -0.39 is 0 Å². The molecule has 7 nitrogen and oxygen atoms in total. The minimum absolute atomic E-state index is 0.0239. The molecule has 2 aromatic rings. The Kier molecular flexibility index (Phi) is 7.87. The molecule has 1 saturated heterocycles. The Morgan fingerprint density at radius 3 is 2.58 bits per heavy atom. The van der Waals surface area contributed by atoms with Gasteiger partial charge in [0.05, 0.1) is 18.6 Å². The van der Waals surface area contributed by atoms with Gasteiger partial charge in [0.1, 0.15) is 11.6 Å². The van der Waals surface area contributed by atoms with E-state index in [0.29, 0.717) is 33.8 Å². The summed E-state index contributed by atoms with van der Waals surface area (Å²) < 4.78 is 5.29.